The maximum atomic E-state index is 9.78. The van der Waals surface area contributed by atoms with E-state index in [9.17, 15) is 5.11 Å². The van der Waals surface area contributed by atoms with E-state index in [4.69, 9.17) is 0 Å². The summed E-state index contributed by atoms with van der Waals surface area (Å²) in [6.07, 6.45) is 3.46. The number of aliphatic hydroxyl groups excluding tert-OH is 1. The first-order chi connectivity index (χ1) is 9.56. The first-order valence-corrected chi connectivity index (χ1v) is 7.75. The fourth-order valence-electron chi connectivity index (χ4n) is 3.20. The Kier molecular flexibility index (Phi) is 3.73. The van der Waals surface area contributed by atoms with Crippen molar-refractivity contribution >= 4 is 5.82 Å². The summed E-state index contributed by atoms with van der Waals surface area (Å²) in [5, 5.41) is 18.0. The van der Waals surface area contributed by atoms with Gasteiger partial charge in [0.1, 0.15) is 5.82 Å². The van der Waals surface area contributed by atoms with Gasteiger partial charge in [-0.1, -0.05) is 0 Å². The van der Waals surface area contributed by atoms with E-state index in [2.05, 4.69) is 22.2 Å². The lowest BCUT2D eigenvalue weighted by Crippen LogP contribution is -2.27. The summed E-state index contributed by atoms with van der Waals surface area (Å²) in [6, 6.07) is 0.714. The molecule has 1 aliphatic heterocycles. The number of anilines is 1. The molecule has 0 bridgehead atoms. The van der Waals surface area contributed by atoms with Gasteiger partial charge in [0, 0.05) is 44.2 Å². The average Bonchev–Trinajstić information content (AvgIpc) is 3.00. The minimum absolute atomic E-state index is 0.220. The molecule has 2 unspecified atom stereocenters. The van der Waals surface area contributed by atoms with Crippen LogP contribution in [0.4, 0.5) is 5.82 Å². The first-order valence-electron chi connectivity index (χ1n) is 7.75. The van der Waals surface area contributed by atoms with Crippen molar-refractivity contribution < 1.29 is 5.11 Å². The zero-order chi connectivity index (χ0) is 14.3. The van der Waals surface area contributed by atoms with Gasteiger partial charge in [-0.25, -0.2) is 0 Å². The minimum Gasteiger partial charge on any atom is -0.393 e. The van der Waals surface area contributed by atoms with Crippen LogP contribution >= 0.6 is 0 Å². The summed E-state index contributed by atoms with van der Waals surface area (Å²) in [5.74, 6) is 1.62. The number of rotatable bonds is 5. The van der Waals surface area contributed by atoms with Crippen molar-refractivity contribution in [1.82, 2.24) is 15.1 Å². The molecule has 112 valence electrons. The standard InChI is InChI=1S/C15H26N4O/c1-10-14(8-16-13-4-5-13)15(18(3)17-10)19-7-6-12(9-19)11(2)20/h11-13,16,20H,4-9H2,1-3H3. The van der Waals surface area contributed by atoms with Crippen LogP contribution in [-0.2, 0) is 13.6 Å². The van der Waals surface area contributed by atoms with Crippen LogP contribution in [0.3, 0.4) is 0 Å². The molecule has 1 aliphatic carbocycles. The Morgan fingerprint density at radius 3 is 2.75 bits per heavy atom. The Labute approximate surface area is 121 Å². The lowest BCUT2D eigenvalue weighted by atomic mass is 10.0. The normalized spacial score (nSPS) is 24.4. The Hall–Kier alpha value is -1.07. The number of nitrogens with zero attached hydrogens (tertiary/aromatic N) is 3. The molecule has 0 aromatic carbocycles. The van der Waals surface area contributed by atoms with E-state index < -0.39 is 0 Å². The van der Waals surface area contributed by atoms with Gasteiger partial charge >= 0.3 is 0 Å². The number of aryl methyl sites for hydroxylation is 2. The van der Waals surface area contributed by atoms with Crippen LogP contribution in [-0.4, -0.2) is 40.1 Å². The number of nitrogens with one attached hydrogen (secondary N) is 1. The van der Waals surface area contributed by atoms with Crippen LogP contribution in [0.2, 0.25) is 0 Å². The Bertz CT molecular complexity index is 478. The van der Waals surface area contributed by atoms with Crippen molar-refractivity contribution in [3.05, 3.63) is 11.3 Å². The Balaban J connectivity index is 1.77. The highest BCUT2D eigenvalue weighted by Crippen LogP contribution is 2.30. The molecule has 2 aliphatic rings. The van der Waals surface area contributed by atoms with Gasteiger partial charge < -0.3 is 15.3 Å². The fourth-order valence-corrected chi connectivity index (χ4v) is 3.20. The third kappa shape index (κ3) is 2.69. The fraction of sp³-hybridized carbons (Fsp3) is 0.800. The lowest BCUT2D eigenvalue weighted by molar-refractivity contribution is 0.136. The largest absolute Gasteiger partial charge is 0.393 e. The smallest absolute Gasteiger partial charge is 0.131 e. The molecule has 2 atom stereocenters. The highest BCUT2D eigenvalue weighted by molar-refractivity contribution is 5.51. The summed E-state index contributed by atoms with van der Waals surface area (Å²) in [7, 11) is 2.03. The van der Waals surface area contributed by atoms with Crippen LogP contribution in [0.15, 0.2) is 0 Å². The second-order valence-corrected chi connectivity index (χ2v) is 6.40. The van der Waals surface area contributed by atoms with Crippen LogP contribution in [0, 0.1) is 12.8 Å². The molecule has 2 N–H and O–H groups in total. The molecule has 0 radical (unpaired) electrons. The minimum atomic E-state index is -0.220. The Morgan fingerprint density at radius 2 is 2.15 bits per heavy atom. The molecule has 1 saturated heterocycles. The molecule has 3 rings (SSSR count). The summed E-state index contributed by atoms with van der Waals surface area (Å²) >= 11 is 0. The lowest BCUT2D eigenvalue weighted by Gasteiger charge is -2.21. The summed E-state index contributed by atoms with van der Waals surface area (Å²) in [6.45, 7) is 6.86. The van der Waals surface area contributed by atoms with E-state index in [0.717, 1.165) is 31.7 Å². The molecular weight excluding hydrogens is 252 g/mol. The third-order valence-corrected chi connectivity index (χ3v) is 4.66. The highest BCUT2D eigenvalue weighted by atomic mass is 16.3. The monoisotopic (exact) mass is 278 g/mol. The van der Waals surface area contributed by atoms with Crippen molar-refractivity contribution in [2.75, 3.05) is 18.0 Å². The quantitative estimate of drug-likeness (QED) is 0.849. The number of hydrogen-bond donors (Lipinski definition) is 2. The molecule has 0 amide bonds. The van der Waals surface area contributed by atoms with Crippen LogP contribution < -0.4 is 10.2 Å². The van der Waals surface area contributed by atoms with Crippen molar-refractivity contribution in [3.63, 3.8) is 0 Å². The van der Waals surface area contributed by atoms with Gasteiger partial charge in [0.25, 0.3) is 0 Å². The topological polar surface area (TPSA) is 53.3 Å². The number of aromatic nitrogens is 2. The summed E-state index contributed by atoms with van der Waals surface area (Å²) in [4.78, 5) is 2.39. The second-order valence-electron chi connectivity index (χ2n) is 6.40. The van der Waals surface area contributed by atoms with Crippen molar-refractivity contribution in [1.29, 1.82) is 0 Å². The van der Waals surface area contributed by atoms with Crippen molar-refractivity contribution in [2.45, 2.75) is 51.8 Å². The van der Waals surface area contributed by atoms with Gasteiger partial charge in [-0.15, -0.1) is 0 Å². The van der Waals surface area contributed by atoms with Crippen molar-refractivity contribution in [3.8, 4) is 0 Å². The Morgan fingerprint density at radius 1 is 1.40 bits per heavy atom. The molecule has 1 aromatic heterocycles. The first kappa shape index (κ1) is 13.9. The molecular formula is C15H26N4O. The van der Waals surface area contributed by atoms with E-state index in [1.54, 1.807) is 0 Å². The van der Waals surface area contributed by atoms with E-state index in [-0.39, 0.29) is 6.10 Å². The predicted octanol–water partition coefficient (Wildman–Crippen LogP) is 1.19. The third-order valence-electron chi connectivity index (χ3n) is 4.66. The van der Waals surface area contributed by atoms with Gasteiger partial charge in [-0.05, 0) is 33.1 Å². The van der Waals surface area contributed by atoms with Crippen LogP contribution in [0.1, 0.15) is 37.4 Å². The van der Waals surface area contributed by atoms with E-state index >= 15 is 0 Å². The molecule has 2 fully saturated rings. The van der Waals surface area contributed by atoms with Crippen molar-refractivity contribution in [2.24, 2.45) is 13.0 Å². The van der Waals surface area contributed by atoms with E-state index in [0.29, 0.717) is 12.0 Å². The maximum absolute atomic E-state index is 9.78. The SMILES string of the molecule is Cc1nn(C)c(N2CCC(C(C)O)C2)c1CNC1CC1. The second kappa shape index (κ2) is 5.37. The van der Waals surface area contributed by atoms with E-state index in [1.165, 1.54) is 24.2 Å². The molecule has 2 heterocycles. The summed E-state index contributed by atoms with van der Waals surface area (Å²) < 4.78 is 2.00. The van der Waals surface area contributed by atoms with Gasteiger partial charge in [0.15, 0.2) is 0 Å². The molecule has 20 heavy (non-hydrogen) atoms. The van der Waals surface area contributed by atoms with Gasteiger partial charge in [0.05, 0.1) is 11.8 Å². The molecule has 1 saturated carbocycles. The maximum Gasteiger partial charge on any atom is 0.131 e. The number of aliphatic hydroxyl groups is 1. The van der Waals surface area contributed by atoms with Crippen LogP contribution in [0.25, 0.3) is 0 Å². The number of hydrogen-bond acceptors (Lipinski definition) is 4. The van der Waals surface area contributed by atoms with E-state index in [1.807, 2.05) is 18.7 Å². The summed E-state index contributed by atoms with van der Waals surface area (Å²) in [5.41, 5.74) is 2.45. The molecule has 5 heteroatoms. The van der Waals surface area contributed by atoms with Crippen LogP contribution in [0.5, 0.6) is 0 Å². The predicted molar refractivity (Wildman–Crippen MR) is 79.8 cm³/mol. The average molecular weight is 278 g/mol. The van der Waals surface area contributed by atoms with Gasteiger partial charge in [0.2, 0.25) is 0 Å². The highest BCUT2D eigenvalue weighted by Gasteiger charge is 2.30. The zero-order valence-electron chi connectivity index (χ0n) is 12.8. The molecule has 0 spiro atoms. The molecule has 5 nitrogen and oxygen atoms in total. The van der Waals surface area contributed by atoms with Gasteiger partial charge in [-0.3, -0.25) is 4.68 Å². The van der Waals surface area contributed by atoms with Gasteiger partial charge in [-0.2, -0.15) is 5.10 Å². The zero-order valence-corrected chi connectivity index (χ0v) is 12.8. The molecule has 1 aromatic rings.